The summed E-state index contributed by atoms with van der Waals surface area (Å²) in [7, 11) is 3.23. The number of benzene rings is 1. The minimum Gasteiger partial charge on any atom is -0.493 e. The van der Waals surface area contributed by atoms with E-state index in [9.17, 15) is 4.79 Å². The zero-order chi connectivity index (χ0) is 13.8. The Kier molecular flexibility index (Phi) is 4.46. The highest BCUT2D eigenvalue weighted by molar-refractivity contribution is 6.02. The minimum atomic E-state index is 0.190. The molecular formula is C16H22O3. The maximum Gasteiger partial charge on any atom is 0.171 e. The van der Waals surface area contributed by atoms with E-state index in [2.05, 4.69) is 6.92 Å². The number of ether oxygens (including phenoxy) is 2. The molecule has 0 N–H and O–H groups in total. The largest absolute Gasteiger partial charge is 0.493 e. The maximum absolute atomic E-state index is 12.2. The number of aryl methyl sites for hydroxylation is 1. The van der Waals surface area contributed by atoms with Crippen molar-refractivity contribution in [2.24, 2.45) is 0 Å². The smallest absolute Gasteiger partial charge is 0.171 e. The topological polar surface area (TPSA) is 35.5 Å². The number of methoxy groups -OCH3 is 2. The molecule has 0 heterocycles. The first-order valence-electron chi connectivity index (χ1n) is 7.02. The Morgan fingerprint density at radius 1 is 1.21 bits per heavy atom. The third-order valence-electron chi connectivity index (χ3n) is 3.78. The van der Waals surface area contributed by atoms with Crippen LogP contribution in [0.1, 0.15) is 54.1 Å². The lowest BCUT2D eigenvalue weighted by atomic mass is 9.85. The first kappa shape index (κ1) is 13.9. The van der Waals surface area contributed by atoms with Gasteiger partial charge < -0.3 is 9.47 Å². The molecule has 0 atom stereocenters. The van der Waals surface area contributed by atoms with E-state index in [0.717, 1.165) is 37.7 Å². The third-order valence-corrected chi connectivity index (χ3v) is 3.78. The van der Waals surface area contributed by atoms with Gasteiger partial charge in [0.25, 0.3) is 0 Å². The van der Waals surface area contributed by atoms with Gasteiger partial charge in [-0.1, -0.05) is 13.3 Å². The van der Waals surface area contributed by atoms with Crippen LogP contribution in [0.15, 0.2) is 6.07 Å². The van der Waals surface area contributed by atoms with Gasteiger partial charge in [-0.05, 0) is 42.9 Å². The summed E-state index contributed by atoms with van der Waals surface area (Å²) in [6, 6.07) is 2.05. The molecule has 0 aromatic heterocycles. The molecule has 0 amide bonds. The van der Waals surface area contributed by atoms with Crippen LogP contribution in [0.25, 0.3) is 0 Å². The Morgan fingerprint density at radius 2 is 2.00 bits per heavy atom. The molecule has 0 unspecified atom stereocenters. The lowest BCUT2D eigenvalue weighted by molar-refractivity contribution is 0.0968. The predicted molar refractivity (Wildman–Crippen MR) is 75.4 cm³/mol. The van der Waals surface area contributed by atoms with Crippen molar-refractivity contribution in [3.8, 4) is 11.5 Å². The molecule has 104 valence electrons. The minimum absolute atomic E-state index is 0.190. The fourth-order valence-corrected chi connectivity index (χ4v) is 2.81. The number of ketones is 1. The summed E-state index contributed by atoms with van der Waals surface area (Å²) in [6.07, 6.45) is 5.82. The zero-order valence-electron chi connectivity index (χ0n) is 12.0. The molecule has 3 heteroatoms. The molecule has 0 fully saturated rings. The van der Waals surface area contributed by atoms with Crippen molar-refractivity contribution in [3.05, 3.63) is 22.8 Å². The molecule has 0 aliphatic heterocycles. The third kappa shape index (κ3) is 2.60. The quantitative estimate of drug-likeness (QED) is 0.813. The van der Waals surface area contributed by atoms with Crippen LogP contribution in [0, 0.1) is 0 Å². The fourth-order valence-electron chi connectivity index (χ4n) is 2.81. The molecule has 1 aromatic rings. The van der Waals surface area contributed by atoms with E-state index in [0.29, 0.717) is 17.9 Å². The number of carbonyl (C=O) groups excluding carboxylic acids is 1. The van der Waals surface area contributed by atoms with E-state index in [1.54, 1.807) is 14.2 Å². The predicted octanol–water partition coefficient (Wildman–Crippen LogP) is 3.57. The Labute approximate surface area is 114 Å². The number of fused-ring (bicyclic) bond motifs is 1. The van der Waals surface area contributed by atoms with Crippen molar-refractivity contribution >= 4 is 5.78 Å². The van der Waals surface area contributed by atoms with Gasteiger partial charge in [-0.3, -0.25) is 4.79 Å². The fraction of sp³-hybridized carbons (Fsp3) is 0.562. The Bertz CT molecular complexity index is 477. The number of Topliss-reactive ketones (excluding diaryl/α,β-unsaturated/α-hetero) is 1. The molecule has 0 saturated heterocycles. The molecule has 3 nitrogen and oxygen atoms in total. The van der Waals surface area contributed by atoms with Crippen LogP contribution in [0.2, 0.25) is 0 Å². The van der Waals surface area contributed by atoms with Crippen LogP contribution in [0.4, 0.5) is 0 Å². The highest BCUT2D eigenvalue weighted by Crippen LogP contribution is 2.40. The Hall–Kier alpha value is -1.51. The summed E-state index contributed by atoms with van der Waals surface area (Å²) in [5.41, 5.74) is 3.20. The molecular weight excluding hydrogens is 240 g/mol. The van der Waals surface area contributed by atoms with Crippen molar-refractivity contribution in [2.45, 2.75) is 45.4 Å². The van der Waals surface area contributed by atoms with Gasteiger partial charge in [-0.2, -0.15) is 0 Å². The van der Waals surface area contributed by atoms with E-state index in [1.807, 2.05) is 6.07 Å². The average Bonchev–Trinajstić information content (AvgIpc) is 2.44. The van der Waals surface area contributed by atoms with Crippen molar-refractivity contribution in [1.82, 2.24) is 0 Å². The van der Waals surface area contributed by atoms with E-state index >= 15 is 0 Å². The highest BCUT2D eigenvalue weighted by atomic mass is 16.5. The molecule has 2 rings (SSSR count). The summed E-state index contributed by atoms with van der Waals surface area (Å²) in [5, 5.41) is 0. The van der Waals surface area contributed by atoms with Gasteiger partial charge >= 0.3 is 0 Å². The number of hydrogen-bond donors (Lipinski definition) is 0. The Balaban J connectivity index is 2.57. The monoisotopic (exact) mass is 262 g/mol. The second kappa shape index (κ2) is 6.09. The molecule has 0 saturated carbocycles. The Morgan fingerprint density at radius 3 is 2.63 bits per heavy atom. The van der Waals surface area contributed by atoms with Gasteiger partial charge in [0.2, 0.25) is 0 Å². The van der Waals surface area contributed by atoms with Gasteiger partial charge in [0, 0.05) is 6.42 Å². The number of unbranched alkanes of at least 4 members (excludes halogenated alkanes) is 1. The average molecular weight is 262 g/mol. The summed E-state index contributed by atoms with van der Waals surface area (Å²) in [6.45, 7) is 2.18. The summed E-state index contributed by atoms with van der Waals surface area (Å²) in [4.78, 5) is 12.2. The van der Waals surface area contributed by atoms with Gasteiger partial charge in [-0.25, -0.2) is 0 Å². The van der Waals surface area contributed by atoms with Crippen LogP contribution in [-0.4, -0.2) is 20.0 Å². The van der Waals surface area contributed by atoms with Crippen molar-refractivity contribution < 1.29 is 14.3 Å². The van der Waals surface area contributed by atoms with Crippen LogP contribution in [-0.2, 0) is 12.8 Å². The molecule has 19 heavy (non-hydrogen) atoms. The van der Waals surface area contributed by atoms with Crippen LogP contribution >= 0.6 is 0 Å². The van der Waals surface area contributed by atoms with Crippen molar-refractivity contribution in [2.75, 3.05) is 14.2 Å². The summed E-state index contributed by atoms with van der Waals surface area (Å²) in [5.74, 6) is 1.49. The van der Waals surface area contributed by atoms with E-state index < -0.39 is 0 Å². The molecule has 1 aliphatic rings. The van der Waals surface area contributed by atoms with Gasteiger partial charge in [-0.15, -0.1) is 0 Å². The van der Waals surface area contributed by atoms with Gasteiger partial charge in [0.05, 0.1) is 19.8 Å². The van der Waals surface area contributed by atoms with E-state index in [-0.39, 0.29) is 5.78 Å². The number of rotatable bonds is 5. The van der Waals surface area contributed by atoms with Crippen LogP contribution in [0.5, 0.6) is 11.5 Å². The molecule has 0 spiro atoms. The van der Waals surface area contributed by atoms with Crippen molar-refractivity contribution in [3.63, 3.8) is 0 Å². The number of hydrogen-bond acceptors (Lipinski definition) is 3. The van der Waals surface area contributed by atoms with Crippen LogP contribution < -0.4 is 9.47 Å². The lowest BCUT2D eigenvalue weighted by Crippen LogP contribution is -2.15. The van der Waals surface area contributed by atoms with E-state index in [4.69, 9.17) is 9.47 Å². The maximum atomic E-state index is 12.2. The summed E-state index contributed by atoms with van der Waals surface area (Å²) >= 11 is 0. The second-order valence-electron chi connectivity index (χ2n) is 5.01. The van der Waals surface area contributed by atoms with Crippen molar-refractivity contribution in [1.29, 1.82) is 0 Å². The standard InChI is InChI=1S/C16H22O3/c1-4-5-7-11-10-14(18-2)16(19-3)15-12(11)8-6-9-13(15)17/h10H,4-9H2,1-3H3. The van der Waals surface area contributed by atoms with Crippen LogP contribution in [0.3, 0.4) is 0 Å². The van der Waals surface area contributed by atoms with Gasteiger partial charge in [0.15, 0.2) is 17.3 Å². The lowest BCUT2D eigenvalue weighted by Gasteiger charge is -2.23. The SMILES string of the molecule is CCCCc1cc(OC)c(OC)c2c1CCCC2=O. The normalized spacial score (nSPS) is 14.2. The second-order valence-corrected chi connectivity index (χ2v) is 5.01. The first-order valence-corrected chi connectivity index (χ1v) is 7.02. The molecule has 1 aliphatic carbocycles. The van der Waals surface area contributed by atoms with E-state index in [1.165, 1.54) is 11.1 Å². The first-order chi connectivity index (χ1) is 9.22. The zero-order valence-corrected chi connectivity index (χ0v) is 12.0. The molecule has 1 aromatic carbocycles. The van der Waals surface area contributed by atoms with Gasteiger partial charge in [0.1, 0.15) is 0 Å². The molecule has 0 bridgehead atoms. The summed E-state index contributed by atoms with van der Waals surface area (Å²) < 4.78 is 10.8. The molecule has 0 radical (unpaired) electrons. The highest BCUT2D eigenvalue weighted by Gasteiger charge is 2.27. The number of carbonyl (C=O) groups is 1.